The van der Waals surface area contributed by atoms with Gasteiger partial charge in [0.15, 0.2) is 5.76 Å². The van der Waals surface area contributed by atoms with Gasteiger partial charge in [-0.3, -0.25) is 4.79 Å². The number of allylic oxidation sites excluding steroid dienone is 1. The Bertz CT molecular complexity index is 1140. The van der Waals surface area contributed by atoms with Crippen LogP contribution >= 0.6 is 0 Å². The van der Waals surface area contributed by atoms with E-state index in [1.165, 1.54) is 6.07 Å². The van der Waals surface area contributed by atoms with E-state index in [2.05, 4.69) is 6.58 Å². The lowest BCUT2D eigenvalue weighted by Crippen LogP contribution is -2.11. The maximum atomic E-state index is 13.4. The number of aryl methyl sites for hydroxylation is 1. The number of hydrogen-bond acceptors (Lipinski definition) is 6. The summed E-state index contributed by atoms with van der Waals surface area (Å²) in [5.41, 5.74) is 2.24. The summed E-state index contributed by atoms with van der Waals surface area (Å²) in [6.07, 6.45) is 1.25. The van der Waals surface area contributed by atoms with Crippen LogP contribution in [-0.2, 0) is 6.42 Å². The molecule has 2 aromatic carbocycles. The van der Waals surface area contributed by atoms with Crippen molar-refractivity contribution in [1.82, 2.24) is 0 Å². The Balaban J connectivity index is 2.36. The number of rotatable bonds is 9. The van der Waals surface area contributed by atoms with Crippen LogP contribution in [0.25, 0.3) is 22.3 Å². The number of benzene rings is 2. The monoisotopic (exact) mass is 424 g/mol. The van der Waals surface area contributed by atoms with Gasteiger partial charge < -0.3 is 23.7 Å². The Morgan fingerprint density at radius 1 is 1.13 bits per heavy atom. The summed E-state index contributed by atoms with van der Waals surface area (Å²) in [5.74, 6) is 1.33. The van der Waals surface area contributed by atoms with Gasteiger partial charge in [0.05, 0.1) is 20.3 Å². The van der Waals surface area contributed by atoms with E-state index in [0.29, 0.717) is 53.4 Å². The van der Waals surface area contributed by atoms with Crippen molar-refractivity contribution < 1.29 is 23.7 Å². The van der Waals surface area contributed by atoms with Crippen molar-refractivity contribution in [3.05, 3.63) is 58.3 Å². The van der Waals surface area contributed by atoms with E-state index >= 15 is 0 Å². The lowest BCUT2D eigenvalue weighted by Gasteiger charge is -2.16. The van der Waals surface area contributed by atoms with Crippen molar-refractivity contribution in [2.75, 3.05) is 20.3 Å². The molecule has 0 aliphatic heterocycles. The molecule has 0 saturated carbocycles. The number of phenols is 1. The predicted octanol–water partition coefficient (Wildman–Crippen LogP) is 5.48. The molecule has 1 N–H and O–H groups in total. The van der Waals surface area contributed by atoms with Gasteiger partial charge in [0.1, 0.15) is 28.2 Å². The standard InChI is InChI=1S/C25H28O6/c1-6-29-20-14-19(26)21-22(27)25(30-7-2)23(16-9-11-17(28-5)12-10-16)31-24(21)18(20)13-8-15(3)4/h9-12,14,26H,3,6-8,13H2,1-2,4-5H3. The molecular formula is C25H28O6. The van der Waals surface area contributed by atoms with Crippen LogP contribution in [0.3, 0.4) is 0 Å². The molecule has 0 amide bonds. The number of fused-ring (bicyclic) bond motifs is 1. The van der Waals surface area contributed by atoms with Crippen molar-refractivity contribution in [3.63, 3.8) is 0 Å². The lowest BCUT2D eigenvalue weighted by molar-refractivity contribution is 0.327. The molecule has 0 aliphatic carbocycles. The van der Waals surface area contributed by atoms with Crippen LogP contribution in [-0.4, -0.2) is 25.4 Å². The molecule has 1 aromatic heterocycles. The zero-order chi connectivity index (χ0) is 22.5. The van der Waals surface area contributed by atoms with Crippen LogP contribution < -0.4 is 19.6 Å². The van der Waals surface area contributed by atoms with Gasteiger partial charge in [-0.05, 0) is 57.9 Å². The van der Waals surface area contributed by atoms with Crippen molar-refractivity contribution in [3.8, 4) is 34.3 Å². The molecule has 1 heterocycles. The van der Waals surface area contributed by atoms with Gasteiger partial charge in [-0.15, -0.1) is 6.58 Å². The number of methoxy groups -OCH3 is 1. The van der Waals surface area contributed by atoms with E-state index in [4.69, 9.17) is 18.6 Å². The SMILES string of the molecule is C=C(C)CCc1c(OCC)cc(O)c2c(=O)c(OCC)c(-c3ccc(OC)cc3)oc12. The van der Waals surface area contributed by atoms with Crippen LogP contribution in [0.5, 0.6) is 23.0 Å². The van der Waals surface area contributed by atoms with Gasteiger partial charge in [-0.2, -0.15) is 0 Å². The zero-order valence-corrected chi connectivity index (χ0v) is 18.4. The second kappa shape index (κ2) is 9.60. The first-order valence-electron chi connectivity index (χ1n) is 10.3. The summed E-state index contributed by atoms with van der Waals surface area (Å²) < 4.78 is 22.9. The molecule has 0 aliphatic rings. The first-order chi connectivity index (χ1) is 14.9. The highest BCUT2D eigenvalue weighted by molar-refractivity contribution is 5.91. The molecule has 0 saturated heterocycles. The van der Waals surface area contributed by atoms with Crippen LogP contribution in [0.2, 0.25) is 0 Å². The first kappa shape index (κ1) is 22.3. The van der Waals surface area contributed by atoms with E-state index in [1.807, 2.05) is 13.8 Å². The summed E-state index contributed by atoms with van der Waals surface area (Å²) >= 11 is 0. The highest BCUT2D eigenvalue weighted by Crippen LogP contribution is 2.40. The molecule has 0 radical (unpaired) electrons. The highest BCUT2D eigenvalue weighted by atomic mass is 16.5. The Morgan fingerprint density at radius 3 is 2.39 bits per heavy atom. The summed E-state index contributed by atoms with van der Waals surface area (Å²) in [6, 6.07) is 8.63. The molecule has 0 fully saturated rings. The molecule has 0 bridgehead atoms. The van der Waals surface area contributed by atoms with Gasteiger partial charge in [-0.25, -0.2) is 0 Å². The Hall–Kier alpha value is -3.41. The Labute approximate surface area is 181 Å². The molecule has 3 aromatic rings. The summed E-state index contributed by atoms with van der Waals surface area (Å²) in [5, 5.41) is 10.7. The van der Waals surface area contributed by atoms with Crippen molar-refractivity contribution >= 4 is 11.0 Å². The molecule has 31 heavy (non-hydrogen) atoms. The smallest absolute Gasteiger partial charge is 0.239 e. The molecule has 0 spiro atoms. The van der Waals surface area contributed by atoms with Gasteiger partial charge in [-0.1, -0.05) is 5.57 Å². The van der Waals surface area contributed by atoms with E-state index in [9.17, 15) is 9.90 Å². The third kappa shape index (κ3) is 4.53. The molecule has 0 atom stereocenters. The van der Waals surface area contributed by atoms with Crippen molar-refractivity contribution in [1.29, 1.82) is 0 Å². The second-order valence-corrected chi connectivity index (χ2v) is 7.22. The van der Waals surface area contributed by atoms with Crippen LogP contribution in [0.1, 0.15) is 32.8 Å². The minimum absolute atomic E-state index is 0.0606. The van der Waals surface area contributed by atoms with Gasteiger partial charge in [0, 0.05) is 17.2 Å². The summed E-state index contributed by atoms with van der Waals surface area (Å²) in [4.78, 5) is 13.4. The number of phenolic OH excluding ortho intramolecular Hbond substituents is 1. The second-order valence-electron chi connectivity index (χ2n) is 7.22. The van der Waals surface area contributed by atoms with E-state index in [-0.39, 0.29) is 23.5 Å². The van der Waals surface area contributed by atoms with E-state index in [1.54, 1.807) is 38.3 Å². The normalized spacial score (nSPS) is 10.8. The van der Waals surface area contributed by atoms with Gasteiger partial charge in [0.25, 0.3) is 0 Å². The largest absolute Gasteiger partial charge is 0.507 e. The maximum Gasteiger partial charge on any atom is 0.239 e. The highest BCUT2D eigenvalue weighted by Gasteiger charge is 2.24. The molecule has 6 heteroatoms. The van der Waals surface area contributed by atoms with Crippen LogP contribution in [0, 0.1) is 0 Å². The Kier molecular flexibility index (Phi) is 6.90. The molecule has 164 valence electrons. The fraction of sp³-hybridized carbons (Fsp3) is 0.320. The molecule has 3 rings (SSSR count). The van der Waals surface area contributed by atoms with Crippen molar-refractivity contribution in [2.45, 2.75) is 33.6 Å². The quantitative estimate of drug-likeness (QED) is 0.458. The van der Waals surface area contributed by atoms with Crippen LogP contribution in [0.4, 0.5) is 0 Å². The third-order valence-electron chi connectivity index (χ3n) is 4.91. The minimum atomic E-state index is -0.425. The summed E-state index contributed by atoms with van der Waals surface area (Å²) in [7, 11) is 1.59. The summed E-state index contributed by atoms with van der Waals surface area (Å²) in [6.45, 7) is 10.2. The van der Waals surface area contributed by atoms with Gasteiger partial charge >= 0.3 is 0 Å². The van der Waals surface area contributed by atoms with Gasteiger partial charge in [0.2, 0.25) is 11.2 Å². The average molecular weight is 424 g/mol. The topological polar surface area (TPSA) is 78.1 Å². The fourth-order valence-electron chi connectivity index (χ4n) is 3.43. The molecular weight excluding hydrogens is 396 g/mol. The third-order valence-corrected chi connectivity index (χ3v) is 4.91. The number of ether oxygens (including phenoxy) is 3. The predicted molar refractivity (Wildman–Crippen MR) is 122 cm³/mol. The van der Waals surface area contributed by atoms with E-state index in [0.717, 1.165) is 5.57 Å². The van der Waals surface area contributed by atoms with Crippen molar-refractivity contribution in [2.24, 2.45) is 0 Å². The lowest BCUT2D eigenvalue weighted by atomic mass is 10.0. The maximum absolute atomic E-state index is 13.4. The van der Waals surface area contributed by atoms with E-state index < -0.39 is 5.43 Å². The number of aromatic hydroxyl groups is 1. The average Bonchev–Trinajstić information content (AvgIpc) is 2.75. The fourth-order valence-corrected chi connectivity index (χ4v) is 3.43. The molecule has 6 nitrogen and oxygen atoms in total. The first-order valence-corrected chi connectivity index (χ1v) is 10.3. The molecule has 0 unspecified atom stereocenters. The zero-order valence-electron chi connectivity index (χ0n) is 18.4. The number of hydrogen-bond donors (Lipinski definition) is 1. The Morgan fingerprint density at radius 2 is 1.81 bits per heavy atom. The minimum Gasteiger partial charge on any atom is -0.507 e. The van der Waals surface area contributed by atoms with Crippen LogP contribution in [0.15, 0.2) is 51.7 Å².